The highest BCUT2D eigenvalue weighted by molar-refractivity contribution is 14.1. The van der Waals surface area contributed by atoms with E-state index in [2.05, 4.69) is 43.8 Å². The Morgan fingerprint density at radius 2 is 1.74 bits per heavy atom. The maximum Gasteiger partial charge on any atom is 0.335 e. The van der Waals surface area contributed by atoms with Gasteiger partial charge in [-0.2, -0.15) is 0 Å². The van der Waals surface area contributed by atoms with E-state index in [9.17, 15) is 14.4 Å². The van der Waals surface area contributed by atoms with Crippen molar-refractivity contribution in [2.75, 3.05) is 12.0 Å². The number of halogens is 3. The van der Waals surface area contributed by atoms with Crippen LogP contribution in [0.25, 0.3) is 6.08 Å². The number of imide groups is 2. The number of carbonyl (C=O) groups is 3. The second-order valence-electron chi connectivity index (χ2n) is 7.38. The van der Waals surface area contributed by atoms with E-state index in [0.717, 1.165) is 14.0 Å². The Morgan fingerprint density at radius 3 is 2.40 bits per heavy atom. The largest absolute Gasteiger partial charge is 0.493 e. The van der Waals surface area contributed by atoms with Crippen LogP contribution in [0.3, 0.4) is 0 Å². The highest BCUT2D eigenvalue weighted by Gasteiger charge is 2.36. The summed E-state index contributed by atoms with van der Waals surface area (Å²) in [6, 6.07) is 16.6. The number of amides is 4. The number of methoxy groups -OCH3 is 1. The highest BCUT2D eigenvalue weighted by atomic mass is 127. The molecule has 0 unspecified atom stereocenters. The molecule has 1 heterocycles. The summed E-state index contributed by atoms with van der Waals surface area (Å²) in [5.74, 6) is -0.661. The summed E-state index contributed by atoms with van der Waals surface area (Å²) in [6.45, 7) is 0.325. The molecular weight excluding hydrogens is 651 g/mol. The first-order valence-corrected chi connectivity index (χ1v) is 12.4. The van der Waals surface area contributed by atoms with Gasteiger partial charge in [0.2, 0.25) is 0 Å². The molecule has 7 nitrogen and oxygen atoms in total. The van der Waals surface area contributed by atoms with E-state index < -0.39 is 17.8 Å². The summed E-state index contributed by atoms with van der Waals surface area (Å²) in [7, 11) is 1.50. The quantitative estimate of drug-likeness (QED) is 0.199. The molecule has 3 aromatic carbocycles. The van der Waals surface area contributed by atoms with Crippen molar-refractivity contribution in [3.8, 4) is 11.5 Å². The van der Waals surface area contributed by atoms with Crippen LogP contribution in [0.15, 0.2) is 70.7 Å². The molecule has 10 heteroatoms. The number of barbiturate groups is 1. The molecule has 0 saturated carbocycles. The van der Waals surface area contributed by atoms with E-state index in [1.165, 1.54) is 25.3 Å². The molecule has 0 aromatic heterocycles. The predicted molar refractivity (Wildman–Crippen MR) is 145 cm³/mol. The van der Waals surface area contributed by atoms with Crippen molar-refractivity contribution in [3.63, 3.8) is 0 Å². The van der Waals surface area contributed by atoms with Crippen molar-refractivity contribution in [1.29, 1.82) is 0 Å². The first-order valence-electron chi connectivity index (χ1n) is 10.2. The second-order valence-corrected chi connectivity index (χ2v) is 9.92. The van der Waals surface area contributed by atoms with Gasteiger partial charge in [0.1, 0.15) is 12.2 Å². The van der Waals surface area contributed by atoms with Crippen LogP contribution in [0.1, 0.15) is 11.1 Å². The summed E-state index contributed by atoms with van der Waals surface area (Å²) < 4.78 is 13.2. The van der Waals surface area contributed by atoms with Gasteiger partial charge in [-0.15, -0.1) is 0 Å². The number of ether oxygens (including phenoxy) is 2. The molecule has 1 fully saturated rings. The lowest BCUT2D eigenvalue weighted by molar-refractivity contribution is -0.122. The molecule has 1 N–H and O–H groups in total. The van der Waals surface area contributed by atoms with Crippen LogP contribution in [0.2, 0.25) is 5.02 Å². The van der Waals surface area contributed by atoms with Crippen LogP contribution in [0.5, 0.6) is 11.5 Å². The van der Waals surface area contributed by atoms with Crippen molar-refractivity contribution in [3.05, 3.63) is 90.4 Å². The van der Waals surface area contributed by atoms with Crippen LogP contribution in [-0.4, -0.2) is 25.0 Å². The van der Waals surface area contributed by atoms with Gasteiger partial charge in [0.15, 0.2) is 11.5 Å². The van der Waals surface area contributed by atoms with E-state index in [-0.39, 0.29) is 11.3 Å². The fourth-order valence-corrected chi connectivity index (χ4v) is 4.41. The van der Waals surface area contributed by atoms with Gasteiger partial charge in [0.05, 0.1) is 17.3 Å². The minimum Gasteiger partial charge on any atom is -0.493 e. The number of hydrogen-bond acceptors (Lipinski definition) is 5. The number of nitrogens with one attached hydrogen (secondary N) is 1. The molecule has 1 saturated heterocycles. The fraction of sp³-hybridized carbons (Fsp3) is 0.0800. The molecule has 0 aliphatic carbocycles. The lowest BCUT2D eigenvalue weighted by Crippen LogP contribution is -2.54. The summed E-state index contributed by atoms with van der Waals surface area (Å²) in [6.07, 6.45) is 1.39. The van der Waals surface area contributed by atoms with Gasteiger partial charge in [0.25, 0.3) is 11.8 Å². The van der Waals surface area contributed by atoms with Crippen LogP contribution < -0.4 is 19.7 Å². The molecule has 178 valence electrons. The maximum absolute atomic E-state index is 13.1. The molecule has 0 atom stereocenters. The average Bonchev–Trinajstić information content (AvgIpc) is 2.83. The molecular formula is C25H17BrClIN2O5. The number of carbonyl (C=O) groups excluding carboxylic acids is 3. The van der Waals surface area contributed by atoms with Crippen molar-refractivity contribution >= 4 is 79.7 Å². The normalized spacial score (nSPS) is 14.8. The van der Waals surface area contributed by atoms with Crippen molar-refractivity contribution in [2.45, 2.75) is 6.61 Å². The molecule has 0 bridgehead atoms. The van der Waals surface area contributed by atoms with Gasteiger partial charge in [-0.3, -0.25) is 14.9 Å². The number of rotatable bonds is 6. The Balaban J connectivity index is 1.63. The van der Waals surface area contributed by atoms with Gasteiger partial charge in [-0.1, -0.05) is 23.7 Å². The Morgan fingerprint density at radius 1 is 1.06 bits per heavy atom. The summed E-state index contributed by atoms with van der Waals surface area (Å²) in [4.78, 5) is 38.9. The van der Waals surface area contributed by atoms with E-state index in [1.807, 2.05) is 24.3 Å². The lowest BCUT2D eigenvalue weighted by atomic mass is 10.1. The lowest BCUT2D eigenvalue weighted by Gasteiger charge is -2.26. The Kier molecular flexibility index (Phi) is 7.78. The summed E-state index contributed by atoms with van der Waals surface area (Å²) >= 11 is 11.6. The highest BCUT2D eigenvalue weighted by Crippen LogP contribution is 2.38. The number of nitrogens with zero attached hydrogens (tertiary/aromatic N) is 1. The summed E-state index contributed by atoms with van der Waals surface area (Å²) in [5, 5.41) is 2.65. The van der Waals surface area contributed by atoms with E-state index in [4.69, 9.17) is 21.1 Å². The van der Waals surface area contributed by atoms with Gasteiger partial charge >= 0.3 is 6.03 Å². The van der Waals surface area contributed by atoms with E-state index >= 15 is 0 Å². The molecule has 3 aromatic rings. The minimum atomic E-state index is -0.836. The van der Waals surface area contributed by atoms with E-state index in [1.54, 1.807) is 24.3 Å². The first kappa shape index (κ1) is 25.2. The molecule has 35 heavy (non-hydrogen) atoms. The number of benzene rings is 3. The smallest absolute Gasteiger partial charge is 0.335 e. The van der Waals surface area contributed by atoms with Gasteiger partial charge < -0.3 is 9.47 Å². The molecule has 4 rings (SSSR count). The van der Waals surface area contributed by atoms with Crippen LogP contribution in [-0.2, 0) is 16.2 Å². The number of anilines is 1. The molecule has 0 radical (unpaired) electrons. The maximum atomic E-state index is 13.1. The predicted octanol–water partition coefficient (Wildman–Crippen LogP) is 5.96. The number of urea groups is 1. The molecule has 1 aliphatic heterocycles. The topological polar surface area (TPSA) is 84.9 Å². The van der Waals surface area contributed by atoms with Gasteiger partial charge in [-0.05, 0) is 104 Å². The SMILES string of the molecule is COc1cc(/C=C2\C(=O)NC(=O)N(c3ccc(Cl)cc3)C2=O)cc(Br)c1OCc1ccc(I)cc1. The number of hydrogen-bond donors (Lipinski definition) is 1. The monoisotopic (exact) mass is 666 g/mol. The molecule has 4 amide bonds. The molecule has 0 spiro atoms. The second kappa shape index (κ2) is 10.8. The van der Waals surface area contributed by atoms with Crippen molar-refractivity contribution in [2.24, 2.45) is 0 Å². The Hall–Kier alpha value is -2.89. The average molecular weight is 668 g/mol. The van der Waals surface area contributed by atoms with Crippen LogP contribution >= 0.6 is 50.1 Å². The van der Waals surface area contributed by atoms with Crippen LogP contribution in [0.4, 0.5) is 10.5 Å². The van der Waals surface area contributed by atoms with Crippen molar-refractivity contribution in [1.82, 2.24) is 5.32 Å². The third kappa shape index (κ3) is 5.68. The molecule has 1 aliphatic rings. The van der Waals surface area contributed by atoms with Crippen molar-refractivity contribution < 1.29 is 23.9 Å². The fourth-order valence-electron chi connectivity index (χ4n) is 3.35. The summed E-state index contributed by atoms with van der Waals surface area (Å²) in [5.41, 5.74) is 1.57. The Bertz CT molecular complexity index is 1340. The zero-order chi connectivity index (χ0) is 25.1. The standard InChI is InChI=1S/C25H17BrClIN2O5/c1-34-21-12-15(11-20(26)22(21)35-13-14-2-6-17(28)7-3-14)10-19-23(31)29-25(33)30(24(19)32)18-8-4-16(27)5-9-18/h2-12H,13H2,1H3,(H,29,31,33)/b19-10+. The zero-order valence-corrected chi connectivity index (χ0v) is 22.7. The Labute approximate surface area is 228 Å². The third-order valence-corrected chi connectivity index (χ3v) is 6.61. The first-order chi connectivity index (χ1) is 16.8. The zero-order valence-electron chi connectivity index (χ0n) is 18.2. The third-order valence-electron chi connectivity index (χ3n) is 5.05. The van der Waals surface area contributed by atoms with Gasteiger partial charge in [-0.25, -0.2) is 9.69 Å². The van der Waals surface area contributed by atoms with E-state index in [0.29, 0.717) is 33.2 Å². The minimum absolute atomic E-state index is 0.207. The van der Waals surface area contributed by atoms with Gasteiger partial charge in [0, 0.05) is 8.59 Å². The van der Waals surface area contributed by atoms with Crippen LogP contribution in [0, 0.1) is 3.57 Å².